The topological polar surface area (TPSA) is 65.8 Å². The number of nitriles is 1. The van der Waals surface area contributed by atoms with Crippen molar-refractivity contribution in [1.29, 1.82) is 5.26 Å². The van der Waals surface area contributed by atoms with E-state index in [4.69, 9.17) is 11.6 Å². The van der Waals surface area contributed by atoms with E-state index in [9.17, 15) is 10.1 Å². The Balaban J connectivity index is 2.09. The molecule has 0 saturated heterocycles. The SMILES string of the molecule is Cc1ccc(NC(=O)CSc2nc(C)c(Cl)c(C)c2C#N)cc1C. The smallest absolute Gasteiger partial charge is 0.234 e. The van der Waals surface area contributed by atoms with E-state index in [2.05, 4.69) is 16.4 Å². The van der Waals surface area contributed by atoms with Crippen LogP contribution in [-0.4, -0.2) is 16.6 Å². The molecule has 1 heterocycles. The van der Waals surface area contributed by atoms with Crippen LogP contribution in [0.4, 0.5) is 5.69 Å². The minimum atomic E-state index is -0.140. The lowest BCUT2D eigenvalue weighted by molar-refractivity contribution is -0.113. The number of aromatic nitrogens is 1. The molecule has 0 radical (unpaired) electrons. The molecule has 0 bridgehead atoms. The van der Waals surface area contributed by atoms with Gasteiger partial charge in [-0.2, -0.15) is 5.26 Å². The number of carbonyl (C=O) groups excluding carboxylic acids is 1. The van der Waals surface area contributed by atoms with Crippen LogP contribution in [-0.2, 0) is 4.79 Å². The van der Waals surface area contributed by atoms with E-state index < -0.39 is 0 Å². The first-order valence-corrected chi connectivity index (χ1v) is 8.76. The lowest BCUT2D eigenvalue weighted by Gasteiger charge is -2.10. The standard InChI is InChI=1S/C18H18ClN3OS/c1-10-5-6-14(7-11(10)2)22-16(23)9-24-18-15(8-20)12(3)17(19)13(4)21-18/h5-7H,9H2,1-4H3,(H,22,23). The molecule has 0 fully saturated rings. The minimum Gasteiger partial charge on any atom is -0.325 e. The van der Waals surface area contributed by atoms with Gasteiger partial charge < -0.3 is 5.32 Å². The number of nitrogens with zero attached hydrogens (tertiary/aromatic N) is 2. The predicted octanol–water partition coefficient (Wildman–Crippen LogP) is 4.57. The molecule has 0 saturated carbocycles. The molecule has 0 aliphatic carbocycles. The van der Waals surface area contributed by atoms with E-state index in [0.717, 1.165) is 11.3 Å². The van der Waals surface area contributed by atoms with Crippen molar-refractivity contribution in [1.82, 2.24) is 4.98 Å². The maximum atomic E-state index is 12.1. The molecule has 1 N–H and O–H groups in total. The van der Waals surface area contributed by atoms with Crippen LogP contribution in [0.25, 0.3) is 0 Å². The molecule has 2 aromatic rings. The van der Waals surface area contributed by atoms with Gasteiger partial charge in [-0.25, -0.2) is 4.98 Å². The van der Waals surface area contributed by atoms with Gasteiger partial charge in [-0.15, -0.1) is 0 Å². The number of rotatable bonds is 4. The first-order valence-electron chi connectivity index (χ1n) is 7.40. The van der Waals surface area contributed by atoms with Gasteiger partial charge in [0.25, 0.3) is 0 Å². The molecule has 124 valence electrons. The Morgan fingerprint density at radius 1 is 1.29 bits per heavy atom. The Hall–Kier alpha value is -2.03. The molecule has 0 aliphatic rings. The van der Waals surface area contributed by atoms with E-state index in [-0.39, 0.29) is 11.7 Å². The first-order chi connectivity index (χ1) is 11.3. The third kappa shape index (κ3) is 4.08. The Morgan fingerprint density at radius 3 is 2.62 bits per heavy atom. The van der Waals surface area contributed by atoms with Gasteiger partial charge in [-0.05, 0) is 56.5 Å². The number of aryl methyl sites for hydroxylation is 3. The molecular weight excluding hydrogens is 342 g/mol. The highest BCUT2D eigenvalue weighted by Gasteiger charge is 2.15. The van der Waals surface area contributed by atoms with Gasteiger partial charge >= 0.3 is 0 Å². The zero-order valence-electron chi connectivity index (χ0n) is 14.0. The van der Waals surface area contributed by atoms with Gasteiger partial charge in [0.05, 0.1) is 22.0 Å². The fraction of sp³-hybridized carbons (Fsp3) is 0.278. The van der Waals surface area contributed by atoms with Gasteiger partial charge in [-0.3, -0.25) is 4.79 Å². The van der Waals surface area contributed by atoms with Crippen molar-refractivity contribution in [3.05, 3.63) is 51.2 Å². The predicted molar refractivity (Wildman–Crippen MR) is 98.7 cm³/mol. The summed E-state index contributed by atoms with van der Waals surface area (Å²) >= 11 is 7.37. The number of carbonyl (C=O) groups is 1. The van der Waals surface area contributed by atoms with E-state index >= 15 is 0 Å². The fourth-order valence-electron chi connectivity index (χ4n) is 2.19. The summed E-state index contributed by atoms with van der Waals surface area (Å²) in [6.45, 7) is 7.60. The number of halogens is 1. The number of amides is 1. The minimum absolute atomic E-state index is 0.140. The van der Waals surface area contributed by atoms with Gasteiger partial charge in [0.15, 0.2) is 0 Å². The zero-order valence-corrected chi connectivity index (χ0v) is 15.6. The molecule has 1 aromatic heterocycles. The molecule has 1 amide bonds. The van der Waals surface area contributed by atoms with Crippen LogP contribution in [0.15, 0.2) is 23.2 Å². The second kappa shape index (κ2) is 7.69. The van der Waals surface area contributed by atoms with Crippen molar-refractivity contribution in [3.63, 3.8) is 0 Å². The largest absolute Gasteiger partial charge is 0.325 e. The highest BCUT2D eigenvalue weighted by atomic mass is 35.5. The number of hydrogen-bond acceptors (Lipinski definition) is 4. The Labute approximate surface area is 151 Å². The van der Waals surface area contributed by atoms with Crippen LogP contribution in [0.5, 0.6) is 0 Å². The highest BCUT2D eigenvalue weighted by Crippen LogP contribution is 2.29. The quantitative estimate of drug-likeness (QED) is 0.812. The average molecular weight is 360 g/mol. The molecule has 24 heavy (non-hydrogen) atoms. The van der Waals surface area contributed by atoms with Crippen LogP contribution in [0.1, 0.15) is 27.9 Å². The lowest BCUT2D eigenvalue weighted by atomic mass is 10.1. The van der Waals surface area contributed by atoms with Crippen LogP contribution < -0.4 is 5.32 Å². The summed E-state index contributed by atoms with van der Waals surface area (Å²) in [5.74, 6) is 0.0361. The second-order valence-electron chi connectivity index (χ2n) is 5.56. The van der Waals surface area contributed by atoms with E-state index in [1.54, 1.807) is 13.8 Å². The molecule has 0 aliphatic heterocycles. The summed E-state index contributed by atoms with van der Waals surface area (Å²) in [4.78, 5) is 16.5. The van der Waals surface area contributed by atoms with Crippen molar-refractivity contribution in [3.8, 4) is 6.07 Å². The molecule has 6 heteroatoms. The van der Waals surface area contributed by atoms with Crippen molar-refractivity contribution >= 4 is 35.0 Å². The summed E-state index contributed by atoms with van der Waals surface area (Å²) in [7, 11) is 0. The van der Waals surface area contributed by atoms with Crippen LogP contribution in [0.3, 0.4) is 0 Å². The van der Waals surface area contributed by atoms with Crippen LogP contribution in [0, 0.1) is 39.0 Å². The number of pyridine rings is 1. The first kappa shape index (κ1) is 18.3. The van der Waals surface area contributed by atoms with E-state index in [1.807, 2.05) is 32.0 Å². The Morgan fingerprint density at radius 2 is 2.00 bits per heavy atom. The van der Waals surface area contributed by atoms with Crippen molar-refractivity contribution < 1.29 is 4.79 Å². The van der Waals surface area contributed by atoms with E-state index in [0.29, 0.717) is 26.9 Å². The summed E-state index contributed by atoms with van der Waals surface area (Å²) in [5.41, 5.74) is 4.85. The summed E-state index contributed by atoms with van der Waals surface area (Å²) in [6.07, 6.45) is 0. The molecule has 4 nitrogen and oxygen atoms in total. The maximum absolute atomic E-state index is 12.1. The monoisotopic (exact) mass is 359 g/mol. The third-order valence-electron chi connectivity index (χ3n) is 3.75. The van der Waals surface area contributed by atoms with Gasteiger partial charge in [-0.1, -0.05) is 29.4 Å². The number of nitrogens with one attached hydrogen (secondary N) is 1. The molecule has 0 unspecified atom stereocenters. The maximum Gasteiger partial charge on any atom is 0.234 e. The van der Waals surface area contributed by atoms with Gasteiger partial charge in [0.1, 0.15) is 11.1 Å². The molecular formula is C18H18ClN3OS. The number of benzene rings is 1. The number of anilines is 1. The fourth-order valence-corrected chi connectivity index (χ4v) is 3.21. The summed E-state index contributed by atoms with van der Waals surface area (Å²) in [6, 6.07) is 7.90. The third-order valence-corrected chi connectivity index (χ3v) is 5.28. The molecule has 1 aromatic carbocycles. The summed E-state index contributed by atoms with van der Waals surface area (Å²) in [5, 5.41) is 13.2. The van der Waals surface area contributed by atoms with E-state index in [1.165, 1.54) is 17.3 Å². The number of thioether (sulfide) groups is 1. The van der Waals surface area contributed by atoms with Crippen LogP contribution >= 0.6 is 23.4 Å². The zero-order chi connectivity index (χ0) is 17.9. The van der Waals surface area contributed by atoms with Crippen molar-refractivity contribution in [2.75, 3.05) is 11.1 Å². The molecule has 0 spiro atoms. The average Bonchev–Trinajstić information content (AvgIpc) is 2.54. The second-order valence-corrected chi connectivity index (χ2v) is 6.91. The highest BCUT2D eigenvalue weighted by molar-refractivity contribution is 8.00. The number of hydrogen-bond donors (Lipinski definition) is 1. The van der Waals surface area contributed by atoms with Crippen molar-refractivity contribution in [2.24, 2.45) is 0 Å². The lowest BCUT2D eigenvalue weighted by Crippen LogP contribution is -2.14. The Kier molecular flexibility index (Phi) is 5.87. The summed E-state index contributed by atoms with van der Waals surface area (Å²) < 4.78 is 0. The van der Waals surface area contributed by atoms with Gasteiger partial charge in [0, 0.05) is 5.69 Å². The van der Waals surface area contributed by atoms with Crippen molar-refractivity contribution in [2.45, 2.75) is 32.7 Å². The van der Waals surface area contributed by atoms with Crippen LogP contribution in [0.2, 0.25) is 5.02 Å². The Bertz CT molecular complexity index is 843. The van der Waals surface area contributed by atoms with Gasteiger partial charge in [0.2, 0.25) is 5.91 Å². The molecule has 0 atom stereocenters. The normalized spacial score (nSPS) is 10.3. The molecule has 2 rings (SSSR count).